The van der Waals surface area contributed by atoms with Gasteiger partial charge in [0.15, 0.2) is 0 Å². The van der Waals surface area contributed by atoms with Crippen LogP contribution >= 0.6 is 22.7 Å². The van der Waals surface area contributed by atoms with Crippen LogP contribution in [0.3, 0.4) is 0 Å². The van der Waals surface area contributed by atoms with Crippen LogP contribution < -0.4 is 4.90 Å². The van der Waals surface area contributed by atoms with Crippen molar-refractivity contribution in [2.75, 3.05) is 4.90 Å². The molecule has 0 aliphatic heterocycles. The Kier molecular flexibility index (Phi) is 6.61. The van der Waals surface area contributed by atoms with Gasteiger partial charge in [-0.15, -0.1) is 22.7 Å². The van der Waals surface area contributed by atoms with Crippen LogP contribution in [0.1, 0.15) is 0 Å². The summed E-state index contributed by atoms with van der Waals surface area (Å²) >= 11 is 3.73. The van der Waals surface area contributed by atoms with Crippen LogP contribution in [-0.4, -0.2) is 0 Å². The predicted octanol–water partition coefficient (Wildman–Crippen LogP) is 14.4. The molecule has 0 unspecified atom stereocenters. The molecule has 49 heavy (non-hydrogen) atoms. The van der Waals surface area contributed by atoms with Crippen molar-refractivity contribution in [3.05, 3.63) is 176 Å². The monoisotopic (exact) mass is 659 g/mol. The van der Waals surface area contributed by atoms with E-state index in [4.69, 9.17) is 0 Å². The second-order valence-electron chi connectivity index (χ2n) is 12.5. The van der Waals surface area contributed by atoms with Gasteiger partial charge in [0.2, 0.25) is 0 Å². The quantitative estimate of drug-likeness (QED) is 0.178. The first kappa shape index (κ1) is 28.3. The number of hydrogen-bond acceptors (Lipinski definition) is 3. The van der Waals surface area contributed by atoms with Crippen molar-refractivity contribution in [1.82, 2.24) is 0 Å². The van der Waals surface area contributed by atoms with E-state index in [1.54, 1.807) is 0 Å². The molecule has 0 amide bonds. The average Bonchev–Trinajstić information content (AvgIpc) is 3.73. The Labute approximate surface area is 292 Å². The van der Waals surface area contributed by atoms with Crippen LogP contribution in [0.2, 0.25) is 0 Å². The lowest BCUT2D eigenvalue weighted by Gasteiger charge is -2.26. The molecule has 230 valence electrons. The van der Waals surface area contributed by atoms with E-state index in [2.05, 4.69) is 181 Å². The van der Waals surface area contributed by atoms with Crippen molar-refractivity contribution >= 4 is 90.9 Å². The highest BCUT2D eigenvalue weighted by Crippen LogP contribution is 2.44. The topological polar surface area (TPSA) is 3.24 Å². The summed E-state index contributed by atoms with van der Waals surface area (Å²) in [5, 5.41) is 7.78. The molecule has 10 aromatic rings. The molecule has 2 heterocycles. The fraction of sp³-hybridized carbons (Fsp3) is 0. The van der Waals surface area contributed by atoms with Crippen molar-refractivity contribution in [3.63, 3.8) is 0 Å². The van der Waals surface area contributed by atoms with E-state index in [1.165, 1.54) is 73.4 Å². The zero-order chi connectivity index (χ0) is 32.3. The number of benzene rings is 8. The van der Waals surface area contributed by atoms with Crippen LogP contribution in [0.4, 0.5) is 17.1 Å². The second kappa shape index (κ2) is 11.5. The Morgan fingerprint density at radius 2 is 0.837 bits per heavy atom. The number of rotatable bonds is 5. The Morgan fingerprint density at radius 3 is 1.49 bits per heavy atom. The fourth-order valence-electron chi connectivity index (χ4n) is 7.29. The van der Waals surface area contributed by atoms with Crippen LogP contribution in [-0.2, 0) is 0 Å². The Balaban J connectivity index is 1.09. The maximum atomic E-state index is 2.41. The Bertz CT molecular complexity index is 2710. The van der Waals surface area contributed by atoms with Crippen molar-refractivity contribution in [2.45, 2.75) is 0 Å². The van der Waals surface area contributed by atoms with Crippen molar-refractivity contribution in [3.8, 4) is 22.3 Å². The SMILES string of the molecule is c1ccc(-c2ccc3c(-c4ccc(N(c5ccc6c(c5)sc5ccccc56)c5ccc6c(c5)sc5ccccc56)cc4)cccc3c2)cc1. The zero-order valence-electron chi connectivity index (χ0n) is 26.5. The molecule has 0 saturated carbocycles. The van der Waals surface area contributed by atoms with E-state index in [1.807, 2.05) is 22.7 Å². The average molecular weight is 660 g/mol. The third kappa shape index (κ3) is 4.82. The van der Waals surface area contributed by atoms with Gasteiger partial charge in [-0.3, -0.25) is 0 Å². The molecular formula is C46H29NS2. The highest BCUT2D eigenvalue weighted by molar-refractivity contribution is 7.26. The summed E-state index contributed by atoms with van der Waals surface area (Å²) in [6, 6.07) is 64.5. The first-order valence-electron chi connectivity index (χ1n) is 16.6. The van der Waals surface area contributed by atoms with Gasteiger partial charge in [0.25, 0.3) is 0 Å². The summed E-state index contributed by atoms with van der Waals surface area (Å²) in [6.07, 6.45) is 0. The van der Waals surface area contributed by atoms with Crippen molar-refractivity contribution in [2.24, 2.45) is 0 Å². The number of fused-ring (bicyclic) bond motifs is 7. The zero-order valence-corrected chi connectivity index (χ0v) is 28.1. The van der Waals surface area contributed by atoms with E-state index >= 15 is 0 Å². The molecule has 3 heteroatoms. The summed E-state index contributed by atoms with van der Waals surface area (Å²) in [5.74, 6) is 0. The van der Waals surface area contributed by atoms with Gasteiger partial charge >= 0.3 is 0 Å². The number of hydrogen-bond donors (Lipinski definition) is 0. The van der Waals surface area contributed by atoms with Crippen LogP contribution in [0.25, 0.3) is 73.4 Å². The molecule has 8 aromatic carbocycles. The summed E-state index contributed by atoms with van der Waals surface area (Å²) in [5.41, 5.74) is 8.38. The standard InChI is InChI=1S/C46H29NS2/c1-2-9-30(10-3-1)32-19-24-38-33(27-32)11-8-14-37(38)31-17-20-34(21-18-31)47(35-22-25-41-39-12-4-6-15-43(39)48-45(41)28-35)36-23-26-42-40-13-5-7-16-44(40)49-46(42)29-36/h1-29H. The highest BCUT2D eigenvalue weighted by Gasteiger charge is 2.17. The molecule has 0 spiro atoms. The maximum absolute atomic E-state index is 2.41. The Morgan fingerprint density at radius 1 is 0.306 bits per heavy atom. The second-order valence-corrected chi connectivity index (χ2v) is 14.7. The third-order valence-electron chi connectivity index (χ3n) is 9.67. The number of thiophene rings is 2. The highest BCUT2D eigenvalue weighted by atomic mass is 32.1. The number of anilines is 3. The molecule has 0 N–H and O–H groups in total. The molecule has 0 radical (unpaired) electrons. The summed E-state index contributed by atoms with van der Waals surface area (Å²) in [6.45, 7) is 0. The van der Waals surface area contributed by atoms with Crippen molar-refractivity contribution in [1.29, 1.82) is 0 Å². The molecule has 1 nitrogen and oxygen atoms in total. The first-order valence-corrected chi connectivity index (χ1v) is 18.2. The van der Waals surface area contributed by atoms with Gasteiger partial charge in [0, 0.05) is 57.4 Å². The Hall–Kier alpha value is -5.74. The molecule has 0 atom stereocenters. The van der Waals surface area contributed by atoms with Gasteiger partial charge in [-0.05, 0) is 87.6 Å². The lowest BCUT2D eigenvalue weighted by atomic mass is 9.95. The largest absolute Gasteiger partial charge is 0.310 e. The summed E-state index contributed by atoms with van der Waals surface area (Å²) < 4.78 is 5.24. The van der Waals surface area contributed by atoms with E-state index < -0.39 is 0 Å². The molecule has 2 aromatic heterocycles. The molecule has 0 aliphatic carbocycles. The van der Waals surface area contributed by atoms with Crippen LogP contribution in [0.5, 0.6) is 0 Å². The molecule has 0 bridgehead atoms. The minimum absolute atomic E-state index is 1.14. The van der Waals surface area contributed by atoms with E-state index in [-0.39, 0.29) is 0 Å². The smallest absolute Gasteiger partial charge is 0.0476 e. The molecule has 0 fully saturated rings. The maximum Gasteiger partial charge on any atom is 0.0476 e. The summed E-state index contributed by atoms with van der Waals surface area (Å²) in [4.78, 5) is 2.41. The predicted molar refractivity (Wildman–Crippen MR) is 215 cm³/mol. The van der Waals surface area contributed by atoms with E-state index in [0.717, 1.165) is 17.1 Å². The summed E-state index contributed by atoms with van der Waals surface area (Å²) in [7, 11) is 0. The first-order chi connectivity index (χ1) is 24.3. The van der Waals surface area contributed by atoms with E-state index in [0.29, 0.717) is 0 Å². The van der Waals surface area contributed by atoms with Gasteiger partial charge in [0.1, 0.15) is 0 Å². The van der Waals surface area contributed by atoms with Crippen LogP contribution in [0.15, 0.2) is 176 Å². The fourth-order valence-corrected chi connectivity index (χ4v) is 9.57. The lowest BCUT2D eigenvalue weighted by Crippen LogP contribution is -2.09. The van der Waals surface area contributed by atoms with E-state index in [9.17, 15) is 0 Å². The van der Waals surface area contributed by atoms with Crippen molar-refractivity contribution < 1.29 is 0 Å². The normalized spacial score (nSPS) is 11.7. The minimum Gasteiger partial charge on any atom is -0.310 e. The van der Waals surface area contributed by atoms with Gasteiger partial charge < -0.3 is 4.90 Å². The van der Waals surface area contributed by atoms with Crippen LogP contribution in [0, 0.1) is 0 Å². The third-order valence-corrected chi connectivity index (χ3v) is 11.9. The van der Waals surface area contributed by atoms with Gasteiger partial charge in [-0.2, -0.15) is 0 Å². The molecular weight excluding hydrogens is 631 g/mol. The van der Waals surface area contributed by atoms with Gasteiger partial charge in [-0.1, -0.05) is 121 Å². The lowest BCUT2D eigenvalue weighted by molar-refractivity contribution is 1.30. The molecule has 10 rings (SSSR count). The van der Waals surface area contributed by atoms with Gasteiger partial charge in [0.05, 0.1) is 0 Å². The number of nitrogens with zero attached hydrogens (tertiary/aromatic N) is 1. The molecule has 0 aliphatic rings. The van der Waals surface area contributed by atoms with Gasteiger partial charge in [-0.25, -0.2) is 0 Å². The minimum atomic E-state index is 1.14. The molecule has 0 saturated heterocycles.